The van der Waals surface area contributed by atoms with Gasteiger partial charge in [-0.2, -0.15) is 0 Å². The molecule has 5 heteroatoms. The molecule has 0 bridgehead atoms. The third kappa shape index (κ3) is 3.08. The van der Waals surface area contributed by atoms with Crippen LogP contribution in [-0.4, -0.2) is 29.3 Å². The van der Waals surface area contributed by atoms with Crippen molar-refractivity contribution in [1.29, 1.82) is 0 Å². The van der Waals surface area contributed by atoms with E-state index in [0.29, 0.717) is 12.3 Å². The fourth-order valence-corrected chi connectivity index (χ4v) is 1.97. The number of carbonyl (C=O) groups is 1. The molecule has 94 valence electrons. The van der Waals surface area contributed by atoms with Gasteiger partial charge in [0, 0.05) is 13.2 Å². The van der Waals surface area contributed by atoms with Crippen LogP contribution in [0.2, 0.25) is 0 Å². The van der Waals surface area contributed by atoms with Gasteiger partial charge < -0.3 is 19.9 Å². The average molecular weight is 239 g/mol. The van der Waals surface area contributed by atoms with Crippen molar-refractivity contribution >= 4 is 5.97 Å². The molecular formula is C12H17NO4. The summed E-state index contributed by atoms with van der Waals surface area (Å²) in [4.78, 5) is 10.6. The second kappa shape index (κ2) is 4.89. The van der Waals surface area contributed by atoms with E-state index in [4.69, 9.17) is 14.6 Å². The number of aromatic carboxylic acids is 1. The van der Waals surface area contributed by atoms with E-state index in [-0.39, 0.29) is 17.8 Å². The van der Waals surface area contributed by atoms with Crippen LogP contribution in [0.4, 0.5) is 0 Å². The number of furan rings is 1. The largest absolute Gasteiger partial charge is 0.475 e. The standard InChI is InChI=1S/C12H17NO4/c14-6-5-12(3-4-12)8-13-7-9-1-2-10(17-9)11(15)16/h1-2,13-14H,3-8H2,(H,15,16). The topological polar surface area (TPSA) is 82.7 Å². The highest BCUT2D eigenvalue weighted by Crippen LogP contribution is 2.47. The van der Waals surface area contributed by atoms with Gasteiger partial charge in [-0.15, -0.1) is 0 Å². The summed E-state index contributed by atoms with van der Waals surface area (Å²) < 4.78 is 5.13. The molecule has 17 heavy (non-hydrogen) atoms. The zero-order valence-electron chi connectivity index (χ0n) is 9.61. The van der Waals surface area contributed by atoms with Gasteiger partial charge in [0.2, 0.25) is 5.76 Å². The van der Waals surface area contributed by atoms with E-state index in [1.54, 1.807) is 6.07 Å². The molecule has 0 amide bonds. The number of hydrogen-bond acceptors (Lipinski definition) is 4. The molecule has 0 saturated heterocycles. The molecule has 1 aliphatic carbocycles. The predicted molar refractivity (Wildman–Crippen MR) is 60.7 cm³/mol. The van der Waals surface area contributed by atoms with Crippen molar-refractivity contribution in [2.75, 3.05) is 13.2 Å². The molecule has 3 N–H and O–H groups in total. The minimum Gasteiger partial charge on any atom is -0.475 e. The Hall–Kier alpha value is -1.33. The molecular weight excluding hydrogens is 222 g/mol. The summed E-state index contributed by atoms with van der Waals surface area (Å²) in [5.41, 5.74) is 0.261. The molecule has 0 aliphatic heterocycles. The first-order valence-electron chi connectivity index (χ1n) is 5.79. The first-order valence-corrected chi connectivity index (χ1v) is 5.79. The van der Waals surface area contributed by atoms with Crippen LogP contribution in [0.3, 0.4) is 0 Å². The molecule has 5 nitrogen and oxygen atoms in total. The number of carboxylic acid groups (broad SMARTS) is 1. The van der Waals surface area contributed by atoms with Gasteiger partial charge in [-0.3, -0.25) is 0 Å². The Kier molecular flexibility index (Phi) is 3.49. The molecule has 0 atom stereocenters. The van der Waals surface area contributed by atoms with Crippen molar-refractivity contribution < 1.29 is 19.4 Å². The van der Waals surface area contributed by atoms with Crippen molar-refractivity contribution in [2.24, 2.45) is 5.41 Å². The number of aliphatic hydroxyl groups is 1. The summed E-state index contributed by atoms with van der Waals surface area (Å²) >= 11 is 0. The lowest BCUT2D eigenvalue weighted by Crippen LogP contribution is -2.24. The molecule has 0 spiro atoms. The first kappa shape index (κ1) is 12.1. The monoisotopic (exact) mass is 239 g/mol. The number of carboxylic acids is 1. The van der Waals surface area contributed by atoms with Gasteiger partial charge in [-0.05, 0) is 36.8 Å². The zero-order chi connectivity index (χ0) is 12.3. The van der Waals surface area contributed by atoms with Crippen LogP contribution in [-0.2, 0) is 6.54 Å². The number of aliphatic hydroxyl groups excluding tert-OH is 1. The molecule has 2 rings (SSSR count). The van der Waals surface area contributed by atoms with Crippen LogP contribution in [0.15, 0.2) is 16.5 Å². The molecule has 0 aromatic carbocycles. The third-order valence-corrected chi connectivity index (χ3v) is 3.27. The lowest BCUT2D eigenvalue weighted by molar-refractivity contribution is 0.0660. The van der Waals surface area contributed by atoms with Crippen LogP contribution in [0.5, 0.6) is 0 Å². The van der Waals surface area contributed by atoms with Gasteiger partial charge in [0.15, 0.2) is 0 Å². The minimum absolute atomic E-state index is 0.0294. The summed E-state index contributed by atoms with van der Waals surface area (Å²) in [5, 5.41) is 20.8. The van der Waals surface area contributed by atoms with Crippen molar-refractivity contribution in [1.82, 2.24) is 5.32 Å². The van der Waals surface area contributed by atoms with Crippen LogP contribution in [0.25, 0.3) is 0 Å². The molecule has 0 radical (unpaired) electrons. The van der Waals surface area contributed by atoms with Crippen molar-refractivity contribution in [3.63, 3.8) is 0 Å². The summed E-state index contributed by atoms with van der Waals surface area (Å²) in [6.07, 6.45) is 3.14. The summed E-state index contributed by atoms with van der Waals surface area (Å²) in [5.74, 6) is -0.448. The zero-order valence-corrected chi connectivity index (χ0v) is 9.61. The first-order chi connectivity index (χ1) is 8.15. The Morgan fingerprint density at radius 3 is 2.76 bits per heavy atom. The van der Waals surface area contributed by atoms with Crippen molar-refractivity contribution in [2.45, 2.75) is 25.8 Å². The average Bonchev–Trinajstić information content (AvgIpc) is 2.88. The maximum Gasteiger partial charge on any atom is 0.371 e. The SMILES string of the molecule is O=C(O)c1ccc(CNCC2(CCO)CC2)o1. The molecule has 1 aliphatic rings. The lowest BCUT2D eigenvalue weighted by Gasteiger charge is -2.13. The molecule has 1 fully saturated rings. The maximum absolute atomic E-state index is 10.6. The Labute approximate surface area is 99.4 Å². The smallest absolute Gasteiger partial charge is 0.371 e. The van der Waals surface area contributed by atoms with E-state index < -0.39 is 5.97 Å². The normalized spacial score (nSPS) is 17.0. The van der Waals surface area contributed by atoms with E-state index in [2.05, 4.69) is 5.32 Å². The molecule has 1 aromatic rings. The summed E-state index contributed by atoms with van der Waals surface area (Å²) in [7, 11) is 0. The van der Waals surface area contributed by atoms with Gasteiger partial charge in [0.1, 0.15) is 5.76 Å². The van der Waals surface area contributed by atoms with Gasteiger partial charge in [-0.25, -0.2) is 4.79 Å². The molecule has 0 unspecified atom stereocenters. The predicted octanol–water partition coefficient (Wildman–Crippen LogP) is 1.23. The van der Waals surface area contributed by atoms with Crippen LogP contribution in [0.1, 0.15) is 35.6 Å². The van der Waals surface area contributed by atoms with Crippen LogP contribution < -0.4 is 5.32 Å². The fourth-order valence-electron chi connectivity index (χ4n) is 1.97. The van der Waals surface area contributed by atoms with Gasteiger partial charge in [-0.1, -0.05) is 0 Å². The summed E-state index contributed by atoms with van der Waals surface area (Å²) in [6.45, 7) is 1.60. The Balaban J connectivity index is 1.76. The maximum atomic E-state index is 10.6. The van der Waals surface area contributed by atoms with Gasteiger partial charge in [0.25, 0.3) is 0 Å². The number of hydrogen-bond donors (Lipinski definition) is 3. The van der Waals surface area contributed by atoms with E-state index in [1.807, 2.05) is 0 Å². The minimum atomic E-state index is -1.05. The molecule has 1 heterocycles. The Morgan fingerprint density at radius 2 is 2.24 bits per heavy atom. The second-order valence-electron chi connectivity index (χ2n) is 4.65. The van der Waals surface area contributed by atoms with E-state index >= 15 is 0 Å². The highest BCUT2D eigenvalue weighted by molar-refractivity contribution is 5.84. The second-order valence-corrected chi connectivity index (χ2v) is 4.65. The van der Waals surface area contributed by atoms with Crippen molar-refractivity contribution in [3.8, 4) is 0 Å². The highest BCUT2D eigenvalue weighted by Gasteiger charge is 2.41. The van der Waals surface area contributed by atoms with E-state index in [0.717, 1.165) is 25.8 Å². The number of rotatable bonds is 7. The number of nitrogens with one attached hydrogen (secondary N) is 1. The van der Waals surface area contributed by atoms with Gasteiger partial charge in [0.05, 0.1) is 6.54 Å². The van der Waals surface area contributed by atoms with E-state index in [9.17, 15) is 4.79 Å². The molecule has 1 saturated carbocycles. The fraction of sp³-hybridized carbons (Fsp3) is 0.583. The highest BCUT2D eigenvalue weighted by atomic mass is 16.4. The van der Waals surface area contributed by atoms with Crippen molar-refractivity contribution in [3.05, 3.63) is 23.7 Å². The lowest BCUT2D eigenvalue weighted by atomic mass is 10.0. The van der Waals surface area contributed by atoms with Crippen LogP contribution in [0, 0.1) is 5.41 Å². The van der Waals surface area contributed by atoms with E-state index in [1.165, 1.54) is 6.07 Å². The van der Waals surface area contributed by atoms with Gasteiger partial charge >= 0.3 is 5.97 Å². The Bertz CT molecular complexity index is 395. The quantitative estimate of drug-likeness (QED) is 0.666. The van der Waals surface area contributed by atoms with Crippen LogP contribution >= 0.6 is 0 Å². The summed E-state index contributed by atoms with van der Waals surface area (Å²) in [6, 6.07) is 3.13. The third-order valence-electron chi connectivity index (χ3n) is 3.27. The molecule has 1 aromatic heterocycles. The Morgan fingerprint density at radius 1 is 1.47 bits per heavy atom.